The average molecular weight is 409 g/mol. The molecule has 6 heteroatoms. The normalized spacial score (nSPS) is 11.5. The highest BCUT2D eigenvalue weighted by atomic mass is 16.1. The average Bonchev–Trinajstić information content (AvgIpc) is 3.16. The molecule has 0 saturated heterocycles. The highest BCUT2D eigenvalue weighted by Gasteiger charge is 2.14. The lowest BCUT2D eigenvalue weighted by Crippen LogP contribution is -2.19. The minimum atomic E-state index is -0.0373. The van der Waals surface area contributed by atoms with E-state index < -0.39 is 0 Å². The molecule has 0 fully saturated rings. The van der Waals surface area contributed by atoms with Crippen molar-refractivity contribution in [1.82, 2.24) is 24.1 Å². The van der Waals surface area contributed by atoms with Gasteiger partial charge in [-0.05, 0) is 75.2 Å². The van der Waals surface area contributed by atoms with Gasteiger partial charge in [0.25, 0.3) is 5.56 Å². The molecule has 5 aromatic rings. The van der Waals surface area contributed by atoms with Gasteiger partial charge in [0.1, 0.15) is 5.65 Å². The SMILES string of the molecule is Cc1cc(-c2ccc3c(=O)n(C)c4cc(-c5cc(C)nc(C)c5)nn4c3c2)cc(C)n1. The predicted octanol–water partition coefficient (Wildman–Crippen LogP) is 4.54. The van der Waals surface area contributed by atoms with Gasteiger partial charge >= 0.3 is 0 Å². The largest absolute Gasteiger partial charge is 0.296 e. The fraction of sp³-hybridized carbons (Fsp3) is 0.200. The molecule has 4 heterocycles. The molecule has 0 radical (unpaired) electrons. The maximum atomic E-state index is 13.1. The molecule has 0 unspecified atom stereocenters. The van der Waals surface area contributed by atoms with Crippen LogP contribution >= 0.6 is 0 Å². The molecular weight excluding hydrogens is 386 g/mol. The Morgan fingerprint density at radius 1 is 0.710 bits per heavy atom. The maximum Gasteiger partial charge on any atom is 0.261 e. The van der Waals surface area contributed by atoms with Gasteiger partial charge in [-0.2, -0.15) is 5.10 Å². The summed E-state index contributed by atoms with van der Waals surface area (Å²) in [5.74, 6) is 0. The van der Waals surface area contributed by atoms with E-state index >= 15 is 0 Å². The van der Waals surface area contributed by atoms with Crippen LogP contribution in [0.2, 0.25) is 0 Å². The van der Waals surface area contributed by atoms with E-state index in [1.807, 2.05) is 68.6 Å². The van der Waals surface area contributed by atoms with Gasteiger partial charge in [-0.3, -0.25) is 19.3 Å². The summed E-state index contributed by atoms with van der Waals surface area (Å²) in [5.41, 5.74) is 9.23. The zero-order valence-electron chi connectivity index (χ0n) is 18.3. The summed E-state index contributed by atoms with van der Waals surface area (Å²) in [6.07, 6.45) is 0. The van der Waals surface area contributed by atoms with Crippen LogP contribution < -0.4 is 5.56 Å². The number of benzene rings is 1. The lowest BCUT2D eigenvalue weighted by atomic mass is 10.0. The smallest absolute Gasteiger partial charge is 0.261 e. The number of aromatic nitrogens is 5. The molecule has 6 nitrogen and oxygen atoms in total. The van der Waals surface area contributed by atoms with Gasteiger partial charge < -0.3 is 0 Å². The monoisotopic (exact) mass is 409 g/mol. The summed E-state index contributed by atoms with van der Waals surface area (Å²) in [5, 5.41) is 5.52. The summed E-state index contributed by atoms with van der Waals surface area (Å²) in [6, 6.07) is 16.0. The molecule has 0 bridgehead atoms. The first kappa shape index (κ1) is 19.2. The van der Waals surface area contributed by atoms with Crippen molar-refractivity contribution in [3.05, 3.63) is 81.7 Å². The molecule has 0 saturated carbocycles. The van der Waals surface area contributed by atoms with Crippen molar-refractivity contribution in [3.63, 3.8) is 0 Å². The quantitative estimate of drug-likeness (QED) is 0.429. The highest BCUT2D eigenvalue weighted by Crippen LogP contribution is 2.27. The van der Waals surface area contributed by atoms with Crippen LogP contribution in [0.3, 0.4) is 0 Å². The molecule has 0 amide bonds. The van der Waals surface area contributed by atoms with Gasteiger partial charge in [0.05, 0.1) is 16.6 Å². The van der Waals surface area contributed by atoms with E-state index in [1.165, 1.54) is 0 Å². The van der Waals surface area contributed by atoms with Gasteiger partial charge in [-0.25, -0.2) is 4.52 Å². The van der Waals surface area contributed by atoms with Gasteiger partial charge in [-0.15, -0.1) is 0 Å². The molecule has 0 spiro atoms. The third-order valence-electron chi connectivity index (χ3n) is 5.59. The van der Waals surface area contributed by atoms with E-state index in [-0.39, 0.29) is 5.56 Å². The molecule has 31 heavy (non-hydrogen) atoms. The first-order valence-electron chi connectivity index (χ1n) is 10.2. The fourth-order valence-electron chi connectivity index (χ4n) is 4.26. The molecule has 0 aliphatic carbocycles. The Balaban J connectivity index is 1.81. The van der Waals surface area contributed by atoms with Crippen LogP contribution in [0.4, 0.5) is 0 Å². The molecular formula is C25H23N5O. The van der Waals surface area contributed by atoms with E-state index in [2.05, 4.69) is 22.1 Å². The van der Waals surface area contributed by atoms with Gasteiger partial charge in [0.2, 0.25) is 0 Å². The number of rotatable bonds is 2. The molecule has 5 rings (SSSR count). The molecule has 1 aromatic carbocycles. The van der Waals surface area contributed by atoms with E-state index in [9.17, 15) is 4.79 Å². The second kappa shape index (κ2) is 6.87. The molecule has 0 atom stereocenters. The van der Waals surface area contributed by atoms with Crippen LogP contribution in [-0.2, 0) is 7.05 Å². The van der Waals surface area contributed by atoms with Gasteiger partial charge in [0.15, 0.2) is 0 Å². The minimum Gasteiger partial charge on any atom is -0.296 e. The second-order valence-electron chi connectivity index (χ2n) is 8.17. The Kier molecular flexibility index (Phi) is 4.25. The molecule has 0 N–H and O–H groups in total. The Hall–Kier alpha value is -3.80. The first-order chi connectivity index (χ1) is 14.8. The van der Waals surface area contributed by atoms with Crippen molar-refractivity contribution in [3.8, 4) is 22.4 Å². The van der Waals surface area contributed by atoms with E-state index in [4.69, 9.17) is 5.10 Å². The number of nitrogens with zero attached hydrogens (tertiary/aromatic N) is 5. The van der Waals surface area contributed by atoms with Crippen LogP contribution in [0.15, 0.2) is 53.3 Å². The van der Waals surface area contributed by atoms with Gasteiger partial charge in [0, 0.05) is 41.5 Å². The molecule has 4 aromatic heterocycles. The Morgan fingerprint density at radius 3 is 1.90 bits per heavy atom. The highest BCUT2D eigenvalue weighted by molar-refractivity contribution is 5.86. The number of fused-ring (bicyclic) bond motifs is 3. The Bertz CT molecular complexity index is 1520. The van der Waals surface area contributed by atoms with Crippen LogP contribution in [0.25, 0.3) is 38.9 Å². The van der Waals surface area contributed by atoms with Crippen LogP contribution in [0.1, 0.15) is 22.8 Å². The van der Waals surface area contributed by atoms with E-state index in [0.717, 1.165) is 56.3 Å². The first-order valence-corrected chi connectivity index (χ1v) is 10.2. The third kappa shape index (κ3) is 3.20. The summed E-state index contributed by atoms with van der Waals surface area (Å²) in [4.78, 5) is 22.0. The van der Waals surface area contributed by atoms with Crippen LogP contribution in [0, 0.1) is 27.7 Å². The molecule has 154 valence electrons. The number of aryl methyl sites for hydroxylation is 5. The van der Waals surface area contributed by atoms with Crippen molar-refractivity contribution < 1.29 is 0 Å². The summed E-state index contributed by atoms with van der Waals surface area (Å²) in [7, 11) is 1.79. The maximum absolute atomic E-state index is 13.1. The Morgan fingerprint density at radius 2 is 1.29 bits per heavy atom. The van der Waals surface area contributed by atoms with E-state index in [0.29, 0.717) is 5.39 Å². The van der Waals surface area contributed by atoms with Crippen molar-refractivity contribution in [2.45, 2.75) is 27.7 Å². The summed E-state index contributed by atoms with van der Waals surface area (Å²) >= 11 is 0. The number of hydrogen-bond acceptors (Lipinski definition) is 4. The van der Waals surface area contributed by atoms with Crippen molar-refractivity contribution >= 4 is 16.6 Å². The zero-order chi connectivity index (χ0) is 21.9. The second-order valence-corrected chi connectivity index (χ2v) is 8.17. The summed E-state index contributed by atoms with van der Waals surface area (Å²) < 4.78 is 3.52. The zero-order valence-corrected chi connectivity index (χ0v) is 18.3. The van der Waals surface area contributed by atoms with Crippen molar-refractivity contribution in [2.75, 3.05) is 0 Å². The number of pyridine rings is 2. The topological polar surface area (TPSA) is 65.1 Å². The lowest BCUT2D eigenvalue weighted by molar-refractivity contribution is 0.850. The predicted molar refractivity (Wildman–Crippen MR) is 123 cm³/mol. The fourth-order valence-corrected chi connectivity index (χ4v) is 4.26. The third-order valence-corrected chi connectivity index (χ3v) is 5.59. The van der Waals surface area contributed by atoms with Gasteiger partial charge in [-0.1, -0.05) is 6.07 Å². The number of hydrogen-bond donors (Lipinski definition) is 0. The lowest BCUT2D eigenvalue weighted by Gasteiger charge is -2.09. The molecule has 0 aliphatic rings. The standard InChI is InChI=1S/C25H23N5O/c1-14-8-19(9-15(2)26-14)18-6-7-21-23(12-18)30-24(29(5)25(21)31)13-22(28-30)20-10-16(3)27-17(4)11-20/h6-13H,1-5H3. The van der Waals surface area contributed by atoms with Crippen molar-refractivity contribution in [2.24, 2.45) is 7.05 Å². The van der Waals surface area contributed by atoms with Crippen LogP contribution in [-0.4, -0.2) is 24.1 Å². The Labute approximate surface area is 179 Å². The van der Waals surface area contributed by atoms with E-state index in [1.54, 1.807) is 11.6 Å². The van der Waals surface area contributed by atoms with Crippen molar-refractivity contribution in [1.29, 1.82) is 0 Å². The molecule has 0 aliphatic heterocycles. The minimum absolute atomic E-state index is 0.0373. The van der Waals surface area contributed by atoms with Crippen LogP contribution in [0.5, 0.6) is 0 Å². The summed E-state index contributed by atoms with van der Waals surface area (Å²) in [6.45, 7) is 7.93.